The highest BCUT2D eigenvalue weighted by Gasteiger charge is 2.19. The van der Waals surface area contributed by atoms with Crippen LogP contribution in [0.3, 0.4) is 0 Å². The molecule has 0 aliphatic rings. The zero-order chi connectivity index (χ0) is 11.8. The first kappa shape index (κ1) is 14.2. The van der Waals surface area contributed by atoms with Crippen LogP contribution in [-0.4, -0.2) is 35.5 Å². The van der Waals surface area contributed by atoms with Crippen molar-refractivity contribution in [2.45, 2.75) is 31.6 Å². The summed E-state index contributed by atoms with van der Waals surface area (Å²) in [5, 5.41) is -0.287. The average molecular weight is 234 g/mol. The lowest BCUT2D eigenvalue weighted by atomic mass is 10.3. The molecule has 4 N–H and O–H groups in total. The van der Waals surface area contributed by atoms with Gasteiger partial charge in [-0.15, -0.1) is 11.8 Å². The average Bonchev–Trinajstić information content (AvgIpc) is 2.18. The van der Waals surface area contributed by atoms with E-state index in [1.165, 1.54) is 11.8 Å². The molecule has 0 aliphatic carbocycles. The molecule has 0 rings (SSSR count). The van der Waals surface area contributed by atoms with Crippen molar-refractivity contribution in [3.63, 3.8) is 0 Å². The van der Waals surface area contributed by atoms with Gasteiger partial charge in [-0.1, -0.05) is 6.92 Å². The maximum absolute atomic E-state index is 11.1. The Balaban J connectivity index is 3.92. The fourth-order valence-corrected chi connectivity index (χ4v) is 1.91. The van der Waals surface area contributed by atoms with Gasteiger partial charge in [-0.25, -0.2) is 0 Å². The molecule has 2 atom stereocenters. The quantitative estimate of drug-likeness (QED) is 0.598. The van der Waals surface area contributed by atoms with E-state index >= 15 is 0 Å². The minimum absolute atomic E-state index is 0.287. The first-order valence-electron chi connectivity index (χ1n) is 4.86. The van der Waals surface area contributed by atoms with Crippen LogP contribution in [0.4, 0.5) is 0 Å². The molecular formula is C9H18N2O3S. The summed E-state index contributed by atoms with van der Waals surface area (Å²) >= 11 is 1.29. The van der Waals surface area contributed by atoms with Crippen LogP contribution in [0.15, 0.2) is 0 Å². The second-order valence-electron chi connectivity index (χ2n) is 2.99. The Kier molecular flexibility index (Phi) is 7.15. The highest BCUT2D eigenvalue weighted by molar-refractivity contribution is 8.00. The van der Waals surface area contributed by atoms with Crippen molar-refractivity contribution in [2.24, 2.45) is 11.5 Å². The highest BCUT2D eigenvalue weighted by Crippen LogP contribution is 2.14. The van der Waals surface area contributed by atoms with E-state index in [1.807, 2.05) is 6.92 Å². The number of rotatable bonds is 7. The third-order valence-corrected chi connectivity index (χ3v) is 3.27. The van der Waals surface area contributed by atoms with Gasteiger partial charge in [0.15, 0.2) is 0 Å². The lowest BCUT2D eigenvalue weighted by Crippen LogP contribution is -2.36. The van der Waals surface area contributed by atoms with Crippen molar-refractivity contribution >= 4 is 23.6 Å². The fraction of sp³-hybridized carbons (Fsp3) is 0.778. The number of carbonyl (C=O) groups excluding carboxylic acids is 2. The maximum atomic E-state index is 11.1. The highest BCUT2D eigenvalue weighted by atomic mass is 32.2. The van der Waals surface area contributed by atoms with Crippen LogP contribution in [0.25, 0.3) is 0 Å². The van der Waals surface area contributed by atoms with E-state index in [1.54, 1.807) is 6.92 Å². The number of thioether (sulfide) groups is 1. The molecule has 0 saturated heterocycles. The van der Waals surface area contributed by atoms with Gasteiger partial charge in [-0.05, 0) is 13.3 Å². The SMILES string of the molecule is CCOC(=O)C(N)CSC(CC)C(N)=O. The molecule has 0 bridgehead atoms. The molecule has 0 aromatic rings. The van der Waals surface area contributed by atoms with Gasteiger partial charge in [-0.2, -0.15) is 0 Å². The van der Waals surface area contributed by atoms with Crippen molar-refractivity contribution in [1.29, 1.82) is 0 Å². The molecule has 2 unspecified atom stereocenters. The van der Waals surface area contributed by atoms with Crippen LogP contribution in [-0.2, 0) is 14.3 Å². The summed E-state index contributed by atoms with van der Waals surface area (Å²) in [6, 6.07) is -0.691. The molecule has 15 heavy (non-hydrogen) atoms. The van der Waals surface area contributed by atoms with Crippen LogP contribution < -0.4 is 11.5 Å². The second kappa shape index (κ2) is 7.53. The molecule has 0 heterocycles. The zero-order valence-corrected chi connectivity index (χ0v) is 9.88. The number of nitrogens with two attached hydrogens (primary N) is 2. The van der Waals surface area contributed by atoms with Crippen LogP contribution in [0, 0.1) is 0 Å². The van der Waals surface area contributed by atoms with Crippen molar-refractivity contribution in [3.05, 3.63) is 0 Å². The number of esters is 1. The predicted molar refractivity (Wildman–Crippen MR) is 60.3 cm³/mol. The second-order valence-corrected chi connectivity index (χ2v) is 4.23. The van der Waals surface area contributed by atoms with Gasteiger partial charge in [0.1, 0.15) is 6.04 Å². The normalized spacial score (nSPS) is 14.3. The summed E-state index contributed by atoms with van der Waals surface area (Å²) in [4.78, 5) is 22.0. The minimum Gasteiger partial charge on any atom is -0.465 e. The van der Waals surface area contributed by atoms with E-state index in [2.05, 4.69) is 0 Å². The predicted octanol–water partition coefficient (Wildman–Crippen LogP) is -0.126. The van der Waals surface area contributed by atoms with Gasteiger partial charge < -0.3 is 16.2 Å². The fourth-order valence-electron chi connectivity index (χ4n) is 0.938. The molecule has 6 heteroatoms. The van der Waals surface area contributed by atoms with E-state index in [0.717, 1.165) is 0 Å². The van der Waals surface area contributed by atoms with Crippen molar-refractivity contribution in [3.8, 4) is 0 Å². The number of carbonyl (C=O) groups is 2. The minimum atomic E-state index is -0.691. The number of ether oxygens (including phenoxy) is 1. The van der Waals surface area contributed by atoms with Crippen LogP contribution >= 0.6 is 11.8 Å². The van der Waals surface area contributed by atoms with E-state index in [0.29, 0.717) is 18.8 Å². The first-order valence-corrected chi connectivity index (χ1v) is 5.90. The lowest BCUT2D eigenvalue weighted by molar-refractivity contribution is -0.144. The number of primary amides is 1. The van der Waals surface area contributed by atoms with Crippen LogP contribution in [0.5, 0.6) is 0 Å². The smallest absolute Gasteiger partial charge is 0.323 e. The van der Waals surface area contributed by atoms with E-state index < -0.39 is 12.0 Å². The van der Waals surface area contributed by atoms with E-state index in [-0.39, 0.29) is 11.2 Å². The molecule has 5 nitrogen and oxygen atoms in total. The molecule has 0 spiro atoms. The molecular weight excluding hydrogens is 216 g/mol. The Morgan fingerprint density at radius 1 is 1.40 bits per heavy atom. The Bertz CT molecular complexity index is 223. The standard InChI is InChI=1S/C9H18N2O3S/c1-3-7(8(11)12)15-5-6(10)9(13)14-4-2/h6-7H,3-5,10H2,1-2H3,(H2,11,12). The molecule has 0 radical (unpaired) electrons. The van der Waals surface area contributed by atoms with Crippen molar-refractivity contribution in [1.82, 2.24) is 0 Å². The Hall–Kier alpha value is -0.750. The van der Waals surface area contributed by atoms with Gasteiger partial charge in [0, 0.05) is 5.75 Å². The first-order chi connectivity index (χ1) is 7.02. The Morgan fingerprint density at radius 2 is 2.00 bits per heavy atom. The van der Waals surface area contributed by atoms with Crippen molar-refractivity contribution < 1.29 is 14.3 Å². The maximum Gasteiger partial charge on any atom is 0.323 e. The summed E-state index contributed by atoms with van der Waals surface area (Å²) in [5.41, 5.74) is 10.7. The third-order valence-electron chi connectivity index (χ3n) is 1.75. The summed E-state index contributed by atoms with van der Waals surface area (Å²) in [7, 11) is 0. The van der Waals surface area contributed by atoms with Gasteiger partial charge in [-0.3, -0.25) is 9.59 Å². The lowest BCUT2D eigenvalue weighted by Gasteiger charge is -2.13. The summed E-state index contributed by atoms with van der Waals surface area (Å²) < 4.78 is 4.74. The zero-order valence-electron chi connectivity index (χ0n) is 9.06. The summed E-state index contributed by atoms with van der Waals surface area (Å²) in [6.07, 6.45) is 0.634. The number of hydrogen-bond acceptors (Lipinski definition) is 5. The molecule has 88 valence electrons. The summed E-state index contributed by atoms with van der Waals surface area (Å²) in [6.45, 7) is 3.89. The van der Waals surface area contributed by atoms with Gasteiger partial charge >= 0.3 is 5.97 Å². The number of amides is 1. The van der Waals surface area contributed by atoms with Crippen molar-refractivity contribution in [2.75, 3.05) is 12.4 Å². The monoisotopic (exact) mass is 234 g/mol. The molecule has 0 aromatic carbocycles. The summed E-state index contributed by atoms with van der Waals surface area (Å²) in [5.74, 6) is -0.469. The van der Waals surface area contributed by atoms with Crippen LogP contribution in [0.2, 0.25) is 0 Å². The molecule has 1 amide bonds. The molecule has 0 fully saturated rings. The van der Waals surface area contributed by atoms with E-state index in [9.17, 15) is 9.59 Å². The molecule has 0 aliphatic heterocycles. The number of hydrogen-bond donors (Lipinski definition) is 2. The van der Waals surface area contributed by atoms with E-state index in [4.69, 9.17) is 16.2 Å². The van der Waals surface area contributed by atoms with Gasteiger partial charge in [0.2, 0.25) is 5.91 Å². The third kappa shape index (κ3) is 5.64. The molecule has 0 saturated carbocycles. The topological polar surface area (TPSA) is 95.4 Å². The Morgan fingerprint density at radius 3 is 2.40 bits per heavy atom. The van der Waals surface area contributed by atoms with Gasteiger partial charge in [0.05, 0.1) is 11.9 Å². The molecule has 0 aromatic heterocycles. The van der Waals surface area contributed by atoms with Crippen LogP contribution in [0.1, 0.15) is 20.3 Å². The Labute approximate surface area is 93.9 Å². The largest absolute Gasteiger partial charge is 0.465 e. The van der Waals surface area contributed by atoms with Gasteiger partial charge in [0.25, 0.3) is 0 Å².